The first-order valence-corrected chi connectivity index (χ1v) is 8.64. The van der Waals surface area contributed by atoms with Gasteiger partial charge in [-0.1, -0.05) is 36.4 Å². The highest BCUT2D eigenvalue weighted by molar-refractivity contribution is 6.08. The van der Waals surface area contributed by atoms with Gasteiger partial charge in [0.2, 0.25) is 0 Å². The summed E-state index contributed by atoms with van der Waals surface area (Å²) in [5.41, 5.74) is 3.84. The Labute approximate surface area is 147 Å². The number of hydrogen-bond acceptors (Lipinski definition) is 4. The van der Waals surface area contributed by atoms with Crippen molar-refractivity contribution in [2.45, 2.75) is 19.4 Å². The Morgan fingerprint density at radius 2 is 1.80 bits per heavy atom. The minimum Gasteiger partial charge on any atom is -0.449 e. The van der Waals surface area contributed by atoms with Crippen LogP contribution in [0.3, 0.4) is 0 Å². The molecule has 1 saturated heterocycles. The molecule has 2 aliphatic heterocycles. The third kappa shape index (κ3) is 3.37. The molecule has 4 rings (SSSR count). The molecule has 5 heteroatoms. The van der Waals surface area contributed by atoms with Crippen LogP contribution in [0.4, 0.5) is 11.4 Å². The van der Waals surface area contributed by atoms with E-state index in [4.69, 9.17) is 4.74 Å². The van der Waals surface area contributed by atoms with E-state index >= 15 is 0 Å². The van der Waals surface area contributed by atoms with E-state index in [1.807, 2.05) is 36.4 Å². The molecule has 0 spiro atoms. The van der Waals surface area contributed by atoms with E-state index in [9.17, 15) is 4.79 Å². The number of carbonyl (C=O) groups is 1. The second-order valence-corrected chi connectivity index (χ2v) is 6.26. The second-order valence-electron chi connectivity index (χ2n) is 6.26. The molecule has 0 aliphatic carbocycles. The lowest BCUT2D eigenvalue weighted by Gasteiger charge is -2.26. The van der Waals surface area contributed by atoms with Crippen LogP contribution >= 0.6 is 0 Å². The number of carbonyl (C=O) groups excluding carboxylic acids is 1. The maximum absolute atomic E-state index is 12.5. The normalized spacial score (nSPS) is 16.7. The van der Waals surface area contributed by atoms with Gasteiger partial charge in [0.05, 0.1) is 5.69 Å². The number of rotatable bonds is 3. The lowest BCUT2D eigenvalue weighted by Crippen LogP contribution is -2.30. The highest BCUT2D eigenvalue weighted by Crippen LogP contribution is 2.38. The Kier molecular flexibility index (Phi) is 4.39. The van der Waals surface area contributed by atoms with Crippen LogP contribution in [-0.2, 0) is 11.3 Å². The molecular formula is C20H21N3O2. The van der Waals surface area contributed by atoms with Crippen LogP contribution in [0.15, 0.2) is 59.9 Å². The second kappa shape index (κ2) is 6.99. The molecule has 0 unspecified atom stereocenters. The van der Waals surface area contributed by atoms with Gasteiger partial charge in [0.15, 0.2) is 11.5 Å². The molecule has 0 atom stereocenters. The Hall–Kier alpha value is -2.79. The van der Waals surface area contributed by atoms with Crippen molar-refractivity contribution in [1.29, 1.82) is 0 Å². The number of fused-ring (bicyclic) bond motifs is 1. The van der Waals surface area contributed by atoms with Crippen molar-refractivity contribution in [3.8, 4) is 5.75 Å². The molecule has 1 amide bonds. The average Bonchev–Trinajstić information content (AvgIpc) is 2.67. The molecule has 2 heterocycles. The summed E-state index contributed by atoms with van der Waals surface area (Å²) in [5.74, 6) is 1.01. The standard InChI is InChI=1S/C20H21N3O2/c24-20-19(15-9-11-21-12-10-15)25-17-8-4-7-16(18(17)23-20)22-13-14-5-2-1-3-6-14/h1-8,21-22H,9-13H2,(H,23,24). The Morgan fingerprint density at radius 3 is 2.60 bits per heavy atom. The summed E-state index contributed by atoms with van der Waals surface area (Å²) < 4.78 is 5.98. The van der Waals surface area contributed by atoms with Crippen LogP contribution in [0, 0.1) is 0 Å². The number of para-hydroxylation sites is 1. The van der Waals surface area contributed by atoms with Crippen LogP contribution in [0.5, 0.6) is 5.75 Å². The van der Waals surface area contributed by atoms with Gasteiger partial charge >= 0.3 is 0 Å². The SMILES string of the molecule is O=C1Nc2c(NCc3ccccc3)cccc2OC1=C1CCNCC1. The van der Waals surface area contributed by atoms with Gasteiger partial charge in [-0.05, 0) is 49.2 Å². The summed E-state index contributed by atoms with van der Waals surface area (Å²) in [6.45, 7) is 2.47. The maximum atomic E-state index is 12.5. The molecule has 0 radical (unpaired) electrons. The van der Waals surface area contributed by atoms with Crippen LogP contribution in [-0.4, -0.2) is 19.0 Å². The van der Waals surface area contributed by atoms with Gasteiger partial charge in [-0.15, -0.1) is 0 Å². The number of nitrogens with one attached hydrogen (secondary N) is 3. The van der Waals surface area contributed by atoms with Crippen molar-refractivity contribution in [2.75, 3.05) is 23.7 Å². The predicted molar refractivity (Wildman–Crippen MR) is 98.6 cm³/mol. The van der Waals surface area contributed by atoms with Crippen molar-refractivity contribution < 1.29 is 9.53 Å². The fourth-order valence-corrected chi connectivity index (χ4v) is 3.20. The fourth-order valence-electron chi connectivity index (χ4n) is 3.20. The Bertz CT molecular complexity index is 807. The number of hydrogen-bond donors (Lipinski definition) is 3. The molecule has 2 aromatic rings. The monoisotopic (exact) mass is 335 g/mol. The number of benzene rings is 2. The molecular weight excluding hydrogens is 314 g/mol. The molecule has 3 N–H and O–H groups in total. The van der Waals surface area contributed by atoms with Crippen molar-refractivity contribution in [3.63, 3.8) is 0 Å². The summed E-state index contributed by atoms with van der Waals surface area (Å²) in [7, 11) is 0. The van der Waals surface area contributed by atoms with Crippen molar-refractivity contribution in [1.82, 2.24) is 5.32 Å². The van der Waals surface area contributed by atoms with E-state index in [0.717, 1.165) is 37.2 Å². The first kappa shape index (κ1) is 15.7. The smallest absolute Gasteiger partial charge is 0.291 e. The quantitative estimate of drug-likeness (QED) is 0.754. The average molecular weight is 335 g/mol. The molecule has 5 nitrogen and oxygen atoms in total. The van der Waals surface area contributed by atoms with Gasteiger partial charge in [0.1, 0.15) is 5.69 Å². The highest BCUT2D eigenvalue weighted by atomic mass is 16.5. The molecule has 0 bridgehead atoms. The zero-order chi connectivity index (χ0) is 17.1. The predicted octanol–water partition coefficient (Wildman–Crippen LogP) is 3.27. The minimum atomic E-state index is -0.154. The van der Waals surface area contributed by atoms with Crippen molar-refractivity contribution in [2.24, 2.45) is 0 Å². The van der Waals surface area contributed by atoms with E-state index in [2.05, 4.69) is 28.1 Å². The first-order chi connectivity index (χ1) is 12.3. The summed E-state index contributed by atoms with van der Waals surface area (Å²) in [6, 6.07) is 15.9. The van der Waals surface area contributed by atoms with Crippen molar-refractivity contribution >= 4 is 17.3 Å². The lowest BCUT2D eigenvalue weighted by atomic mass is 10.0. The molecule has 1 fully saturated rings. The number of anilines is 2. The summed E-state index contributed by atoms with van der Waals surface area (Å²) in [4.78, 5) is 12.5. The first-order valence-electron chi connectivity index (χ1n) is 8.64. The van der Waals surface area contributed by atoms with E-state index in [0.29, 0.717) is 23.7 Å². The Balaban J connectivity index is 1.57. The van der Waals surface area contributed by atoms with Crippen LogP contribution in [0.2, 0.25) is 0 Å². The van der Waals surface area contributed by atoms with E-state index in [1.165, 1.54) is 5.56 Å². The third-order valence-electron chi connectivity index (χ3n) is 4.54. The summed E-state index contributed by atoms with van der Waals surface area (Å²) >= 11 is 0. The molecule has 2 aliphatic rings. The molecule has 0 aromatic heterocycles. The van der Waals surface area contributed by atoms with Gasteiger partial charge < -0.3 is 20.7 Å². The zero-order valence-corrected chi connectivity index (χ0v) is 14.0. The van der Waals surface area contributed by atoms with E-state index < -0.39 is 0 Å². The third-order valence-corrected chi connectivity index (χ3v) is 4.54. The topological polar surface area (TPSA) is 62.4 Å². The van der Waals surface area contributed by atoms with Crippen LogP contribution in [0.1, 0.15) is 18.4 Å². The van der Waals surface area contributed by atoms with Gasteiger partial charge in [-0.3, -0.25) is 4.79 Å². The summed E-state index contributed by atoms with van der Waals surface area (Å²) in [6.07, 6.45) is 1.70. The molecule has 2 aromatic carbocycles. The largest absolute Gasteiger partial charge is 0.449 e. The molecule has 128 valence electrons. The fraction of sp³-hybridized carbons (Fsp3) is 0.250. The zero-order valence-electron chi connectivity index (χ0n) is 14.0. The summed E-state index contributed by atoms with van der Waals surface area (Å²) in [5, 5.41) is 9.69. The number of ether oxygens (including phenoxy) is 1. The minimum absolute atomic E-state index is 0.154. The molecule has 0 saturated carbocycles. The van der Waals surface area contributed by atoms with E-state index in [1.54, 1.807) is 0 Å². The maximum Gasteiger partial charge on any atom is 0.291 e. The van der Waals surface area contributed by atoms with Crippen LogP contribution in [0.25, 0.3) is 0 Å². The van der Waals surface area contributed by atoms with Gasteiger partial charge in [-0.2, -0.15) is 0 Å². The number of piperidine rings is 1. The lowest BCUT2D eigenvalue weighted by molar-refractivity contribution is -0.115. The number of amides is 1. The van der Waals surface area contributed by atoms with E-state index in [-0.39, 0.29) is 5.91 Å². The van der Waals surface area contributed by atoms with Gasteiger partial charge in [-0.25, -0.2) is 0 Å². The Morgan fingerprint density at radius 1 is 1.00 bits per heavy atom. The van der Waals surface area contributed by atoms with Crippen LogP contribution < -0.4 is 20.7 Å². The highest BCUT2D eigenvalue weighted by Gasteiger charge is 2.27. The molecule has 25 heavy (non-hydrogen) atoms. The van der Waals surface area contributed by atoms with Gasteiger partial charge in [0.25, 0.3) is 5.91 Å². The van der Waals surface area contributed by atoms with Crippen molar-refractivity contribution in [3.05, 3.63) is 65.4 Å². The van der Waals surface area contributed by atoms with Gasteiger partial charge in [0, 0.05) is 6.54 Å².